The van der Waals surface area contributed by atoms with E-state index in [-0.39, 0.29) is 12.5 Å². The molecule has 0 bridgehead atoms. The molecule has 2 aliphatic rings. The van der Waals surface area contributed by atoms with E-state index in [0.29, 0.717) is 30.8 Å². The second kappa shape index (κ2) is 5.59. The standard InChI is InChI=1S/C13H22N2O3/c1-2-10-7-11(10)14-13(18)15-6-5-9(8-15)3-4-12(16)17/h9-11H,2-8H2,1H3,(H,14,18)(H,16,17). The number of urea groups is 1. The Bertz CT molecular complexity index is 332. The van der Waals surface area contributed by atoms with Crippen molar-refractivity contribution in [2.24, 2.45) is 11.8 Å². The van der Waals surface area contributed by atoms with E-state index in [2.05, 4.69) is 12.2 Å². The summed E-state index contributed by atoms with van der Waals surface area (Å²) in [5, 5.41) is 11.7. The zero-order valence-corrected chi connectivity index (χ0v) is 10.9. The first kappa shape index (κ1) is 13.2. The van der Waals surface area contributed by atoms with E-state index >= 15 is 0 Å². The summed E-state index contributed by atoms with van der Waals surface area (Å²) in [6.45, 7) is 3.62. The summed E-state index contributed by atoms with van der Waals surface area (Å²) < 4.78 is 0. The smallest absolute Gasteiger partial charge is 0.317 e. The van der Waals surface area contributed by atoms with E-state index in [9.17, 15) is 9.59 Å². The number of aliphatic carboxylic acids is 1. The van der Waals surface area contributed by atoms with Gasteiger partial charge in [-0.2, -0.15) is 0 Å². The van der Waals surface area contributed by atoms with Crippen LogP contribution >= 0.6 is 0 Å². The number of hydrogen-bond donors (Lipinski definition) is 2. The maximum absolute atomic E-state index is 11.9. The highest BCUT2D eigenvalue weighted by Crippen LogP contribution is 2.33. The Morgan fingerprint density at radius 2 is 2.22 bits per heavy atom. The fraction of sp³-hybridized carbons (Fsp3) is 0.846. The van der Waals surface area contributed by atoms with Gasteiger partial charge >= 0.3 is 12.0 Å². The lowest BCUT2D eigenvalue weighted by Gasteiger charge is -2.17. The number of amides is 2. The average molecular weight is 254 g/mol. The molecule has 18 heavy (non-hydrogen) atoms. The van der Waals surface area contributed by atoms with Gasteiger partial charge < -0.3 is 15.3 Å². The topological polar surface area (TPSA) is 69.6 Å². The molecule has 0 aromatic carbocycles. The van der Waals surface area contributed by atoms with Crippen molar-refractivity contribution in [3.8, 4) is 0 Å². The van der Waals surface area contributed by atoms with Crippen molar-refractivity contribution in [3.63, 3.8) is 0 Å². The third-order valence-corrected chi connectivity index (χ3v) is 4.10. The monoisotopic (exact) mass is 254 g/mol. The first-order valence-corrected chi connectivity index (χ1v) is 6.87. The zero-order chi connectivity index (χ0) is 13.1. The van der Waals surface area contributed by atoms with Crippen LogP contribution in [-0.2, 0) is 4.79 Å². The van der Waals surface area contributed by atoms with Crippen molar-refractivity contribution in [2.75, 3.05) is 13.1 Å². The van der Waals surface area contributed by atoms with E-state index in [0.717, 1.165) is 25.8 Å². The number of carboxylic acids is 1. The van der Waals surface area contributed by atoms with Crippen LogP contribution in [0.3, 0.4) is 0 Å². The van der Waals surface area contributed by atoms with Crippen molar-refractivity contribution in [1.82, 2.24) is 10.2 Å². The normalized spacial score (nSPS) is 30.3. The molecular formula is C13H22N2O3. The summed E-state index contributed by atoms with van der Waals surface area (Å²) in [5.74, 6) is 0.272. The van der Waals surface area contributed by atoms with Gasteiger partial charge in [0.1, 0.15) is 0 Å². The summed E-state index contributed by atoms with van der Waals surface area (Å²) in [4.78, 5) is 24.3. The molecule has 3 atom stereocenters. The zero-order valence-electron chi connectivity index (χ0n) is 10.9. The molecule has 2 fully saturated rings. The number of carbonyl (C=O) groups is 2. The predicted octanol–water partition coefficient (Wildman–Crippen LogP) is 1.68. The minimum absolute atomic E-state index is 0.0359. The van der Waals surface area contributed by atoms with Crippen molar-refractivity contribution >= 4 is 12.0 Å². The van der Waals surface area contributed by atoms with Crippen LogP contribution in [0.25, 0.3) is 0 Å². The van der Waals surface area contributed by atoms with Crippen LogP contribution in [0.4, 0.5) is 4.79 Å². The van der Waals surface area contributed by atoms with Crippen molar-refractivity contribution in [3.05, 3.63) is 0 Å². The van der Waals surface area contributed by atoms with Crippen molar-refractivity contribution < 1.29 is 14.7 Å². The second-order valence-corrected chi connectivity index (χ2v) is 5.49. The van der Waals surface area contributed by atoms with Crippen molar-refractivity contribution in [2.45, 2.75) is 45.1 Å². The lowest BCUT2D eigenvalue weighted by Crippen LogP contribution is -2.40. The molecule has 5 heteroatoms. The third kappa shape index (κ3) is 3.37. The lowest BCUT2D eigenvalue weighted by atomic mass is 10.0. The fourth-order valence-corrected chi connectivity index (χ4v) is 2.71. The van der Waals surface area contributed by atoms with E-state index in [1.807, 2.05) is 4.90 Å². The Kier molecular flexibility index (Phi) is 4.09. The number of likely N-dealkylation sites (tertiary alicyclic amines) is 1. The van der Waals surface area contributed by atoms with Crippen molar-refractivity contribution in [1.29, 1.82) is 0 Å². The largest absolute Gasteiger partial charge is 0.481 e. The summed E-state index contributed by atoms with van der Waals surface area (Å²) in [7, 11) is 0. The Hall–Kier alpha value is -1.26. The first-order valence-electron chi connectivity index (χ1n) is 6.87. The molecule has 0 spiro atoms. The van der Waals surface area contributed by atoms with Crippen LogP contribution in [0.5, 0.6) is 0 Å². The average Bonchev–Trinajstić information content (AvgIpc) is 2.90. The fourth-order valence-electron chi connectivity index (χ4n) is 2.71. The minimum Gasteiger partial charge on any atom is -0.481 e. The predicted molar refractivity (Wildman–Crippen MR) is 67.3 cm³/mol. The highest BCUT2D eigenvalue weighted by Gasteiger charge is 2.38. The van der Waals surface area contributed by atoms with Crippen LogP contribution in [0.1, 0.15) is 39.0 Å². The SMILES string of the molecule is CCC1CC1NC(=O)N1CCC(CCC(=O)O)C1. The number of carbonyl (C=O) groups excluding carboxylic acids is 1. The molecule has 5 nitrogen and oxygen atoms in total. The van der Waals surface area contributed by atoms with Gasteiger partial charge in [-0.3, -0.25) is 4.79 Å². The van der Waals surface area contributed by atoms with Gasteiger partial charge in [-0.05, 0) is 31.1 Å². The van der Waals surface area contributed by atoms with Gasteiger partial charge in [0.25, 0.3) is 0 Å². The van der Waals surface area contributed by atoms with Gasteiger partial charge in [-0.1, -0.05) is 13.3 Å². The van der Waals surface area contributed by atoms with E-state index in [4.69, 9.17) is 5.11 Å². The molecule has 1 aliphatic heterocycles. The molecule has 2 N–H and O–H groups in total. The Labute approximate surface area is 108 Å². The van der Waals surface area contributed by atoms with Gasteiger partial charge in [0.05, 0.1) is 0 Å². The van der Waals surface area contributed by atoms with Gasteiger partial charge in [-0.25, -0.2) is 4.79 Å². The van der Waals surface area contributed by atoms with Crippen LogP contribution in [0.2, 0.25) is 0 Å². The lowest BCUT2D eigenvalue weighted by molar-refractivity contribution is -0.137. The Balaban J connectivity index is 1.68. The first-order chi connectivity index (χ1) is 8.60. The van der Waals surface area contributed by atoms with Crippen LogP contribution in [0, 0.1) is 11.8 Å². The van der Waals surface area contributed by atoms with Gasteiger partial charge in [-0.15, -0.1) is 0 Å². The summed E-state index contributed by atoms with van der Waals surface area (Å²) in [6.07, 6.45) is 4.06. The Morgan fingerprint density at radius 3 is 2.83 bits per heavy atom. The molecule has 0 radical (unpaired) electrons. The molecule has 1 aliphatic carbocycles. The van der Waals surface area contributed by atoms with E-state index in [1.54, 1.807) is 0 Å². The highest BCUT2D eigenvalue weighted by atomic mass is 16.4. The molecule has 3 unspecified atom stereocenters. The summed E-state index contributed by atoms with van der Waals surface area (Å²) in [6, 6.07) is 0.411. The maximum Gasteiger partial charge on any atom is 0.317 e. The molecule has 1 heterocycles. The molecular weight excluding hydrogens is 232 g/mol. The van der Waals surface area contributed by atoms with Gasteiger partial charge in [0.15, 0.2) is 0 Å². The molecule has 0 aromatic heterocycles. The number of rotatable bonds is 5. The third-order valence-electron chi connectivity index (χ3n) is 4.10. The van der Waals surface area contributed by atoms with Gasteiger partial charge in [0, 0.05) is 25.6 Å². The summed E-state index contributed by atoms with van der Waals surface area (Å²) >= 11 is 0. The maximum atomic E-state index is 11.9. The molecule has 1 saturated carbocycles. The highest BCUT2D eigenvalue weighted by molar-refractivity contribution is 5.75. The molecule has 1 saturated heterocycles. The van der Waals surface area contributed by atoms with Gasteiger partial charge in [0.2, 0.25) is 0 Å². The second-order valence-electron chi connectivity index (χ2n) is 5.49. The quantitative estimate of drug-likeness (QED) is 0.784. The van der Waals surface area contributed by atoms with Crippen LogP contribution < -0.4 is 5.32 Å². The molecule has 0 aromatic rings. The van der Waals surface area contributed by atoms with E-state index in [1.165, 1.54) is 0 Å². The molecule has 2 rings (SSSR count). The van der Waals surface area contributed by atoms with E-state index < -0.39 is 5.97 Å². The van der Waals surface area contributed by atoms with Crippen LogP contribution in [-0.4, -0.2) is 41.1 Å². The minimum atomic E-state index is -0.748. The number of nitrogens with zero attached hydrogens (tertiary/aromatic N) is 1. The summed E-state index contributed by atoms with van der Waals surface area (Å²) in [5.41, 5.74) is 0. The number of carboxylic acid groups (broad SMARTS) is 1. The molecule has 2 amide bonds. The van der Waals surface area contributed by atoms with Crippen LogP contribution in [0.15, 0.2) is 0 Å². The molecule has 102 valence electrons. The number of hydrogen-bond acceptors (Lipinski definition) is 2. The Morgan fingerprint density at radius 1 is 1.44 bits per heavy atom. The number of nitrogens with one attached hydrogen (secondary N) is 1.